The molecule has 0 aliphatic carbocycles. The zero-order valence-corrected chi connectivity index (χ0v) is 14.4. The molecule has 2 atom stereocenters. The number of anilines is 1. The number of rotatable bonds is 6. The summed E-state index contributed by atoms with van der Waals surface area (Å²) in [7, 11) is 3.78. The highest BCUT2D eigenvalue weighted by Crippen LogP contribution is 2.29. The van der Waals surface area contributed by atoms with Crippen LogP contribution in [-0.4, -0.2) is 63.0 Å². The van der Waals surface area contributed by atoms with E-state index < -0.39 is 0 Å². The molecule has 128 valence electrons. The van der Waals surface area contributed by atoms with E-state index in [4.69, 9.17) is 9.47 Å². The molecular weight excluding hydrogens is 290 g/mol. The topological polar surface area (TPSA) is 37.8 Å². The lowest BCUT2D eigenvalue weighted by atomic mass is 9.88. The van der Waals surface area contributed by atoms with Crippen molar-refractivity contribution in [2.24, 2.45) is 5.92 Å². The third-order valence-electron chi connectivity index (χ3n) is 5.04. The Bertz CT molecular complexity index is 480. The molecule has 23 heavy (non-hydrogen) atoms. The van der Waals surface area contributed by atoms with Crippen LogP contribution < -0.4 is 4.90 Å². The molecule has 0 bridgehead atoms. The van der Waals surface area contributed by atoms with Gasteiger partial charge in [-0.15, -0.1) is 0 Å². The van der Waals surface area contributed by atoms with E-state index in [0.717, 1.165) is 44.6 Å². The SMILES string of the molecule is COCCN(C)c1ccc(CN2CC[C@@H]3OCCC[C@H]3C2)cn1. The molecular formula is C18H29N3O2. The second-order valence-electron chi connectivity index (χ2n) is 6.77. The van der Waals surface area contributed by atoms with E-state index in [9.17, 15) is 0 Å². The minimum atomic E-state index is 0.509. The summed E-state index contributed by atoms with van der Waals surface area (Å²) in [4.78, 5) is 9.28. The molecule has 3 heterocycles. The molecule has 1 aromatic rings. The molecule has 3 rings (SSSR count). The maximum absolute atomic E-state index is 5.90. The number of aromatic nitrogens is 1. The fourth-order valence-electron chi connectivity index (χ4n) is 3.64. The van der Waals surface area contributed by atoms with Crippen LogP contribution in [0, 0.1) is 5.92 Å². The van der Waals surface area contributed by atoms with Crippen molar-refractivity contribution < 1.29 is 9.47 Å². The minimum Gasteiger partial charge on any atom is -0.383 e. The number of likely N-dealkylation sites (N-methyl/N-ethyl adjacent to an activating group) is 1. The van der Waals surface area contributed by atoms with Crippen molar-refractivity contribution in [3.05, 3.63) is 23.9 Å². The molecule has 1 aromatic heterocycles. The quantitative estimate of drug-likeness (QED) is 0.803. The zero-order valence-electron chi connectivity index (χ0n) is 14.4. The zero-order chi connectivity index (χ0) is 16.1. The number of piperidine rings is 1. The van der Waals surface area contributed by atoms with Crippen molar-refractivity contribution in [1.29, 1.82) is 0 Å². The fraction of sp³-hybridized carbons (Fsp3) is 0.722. The van der Waals surface area contributed by atoms with Crippen molar-refractivity contribution in [3.63, 3.8) is 0 Å². The van der Waals surface area contributed by atoms with Gasteiger partial charge in [-0.2, -0.15) is 0 Å². The number of pyridine rings is 1. The molecule has 0 saturated carbocycles. The highest BCUT2D eigenvalue weighted by Gasteiger charge is 2.31. The Labute approximate surface area is 139 Å². The Balaban J connectivity index is 1.52. The summed E-state index contributed by atoms with van der Waals surface area (Å²) in [5, 5.41) is 0. The molecule has 0 unspecified atom stereocenters. The standard InChI is InChI=1S/C18H29N3O2/c1-20(9-11-22-2)18-6-5-15(12-19-18)13-21-8-7-17-16(14-21)4-3-10-23-17/h5-6,12,16-17H,3-4,7-11,13-14H2,1-2H3/t16-,17-/m0/s1. The van der Waals surface area contributed by atoms with Crippen LogP contribution in [0.15, 0.2) is 18.3 Å². The normalized spacial score (nSPS) is 25.1. The van der Waals surface area contributed by atoms with Gasteiger partial charge in [0.05, 0.1) is 12.7 Å². The molecule has 2 aliphatic rings. The molecule has 0 aromatic carbocycles. The minimum absolute atomic E-state index is 0.509. The molecule has 0 spiro atoms. The molecule has 2 saturated heterocycles. The number of hydrogen-bond acceptors (Lipinski definition) is 5. The van der Waals surface area contributed by atoms with Gasteiger partial charge in [-0.1, -0.05) is 6.07 Å². The Kier molecular flexibility index (Phi) is 5.86. The van der Waals surface area contributed by atoms with Gasteiger partial charge in [0.1, 0.15) is 5.82 Å². The smallest absolute Gasteiger partial charge is 0.128 e. The van der Waals surface area contributed by atoms with E-state index in [1.807, 2.05) is 6.20 Å². The van der Waals surface area contributed by atoms with Crippen molar-refractivity contribution in [2.45, 2.75) is 31.9 Å². The molecule has 2 fully saturated rings. The first-order chi connectivity index (χ1) is 11.3. The third-order valence-corrected chi connectivity index (χ3v) is 5.04. The van der Waals surface area contributed by atoms with E-state index in [1.165, 1.54) is 31.4 Å². The second kappa shape index (κ2) is 8.08. The van der Waals surface area contributed by atoms with Gasteiger partial charge in [0, 0.05) is 53.1 Å². The Morgan fingerprint density at radius 2 is 2.30 bits per heavy atom. The number of ether oxygens (including phenoxy) is 2. The number of hydrogen-bond donors (Lipinski definition) is 0. The number of methoxy groups -OCH3 is 1. The Hall–Kier alpha value is -1.17. The lowest BCUT2D eigenvalue weighted by molar-refractivity contribution is -0.0676. The van der Waals surface area contributed by atoms with Crippen molar-refractivity contribution in [1.82, 2.24) is 9.88 Å². The molecule has 0 amide bonds. The maximum atomic E-state index is 5.90. The average molecular weight is 319 g/mol. The van der Waals surface area contributed by atoms with E-state index in [-0.39, 0.29) is 0 Å². The first-order valence-electron chi connectivity index (χ1n) is 8.75. The number of fused-ring (bicyclic) bond motifs is 1. The van der Waals surface area contributed by atoms with Crippen molar-refractivity contribution >= 4 is 5.82 Å². The molecule has 0 radical (unpaired) electrons. The van der Waals surface area contributed by atoms with Crippen LogP contribution in [0.2, 0.25) is 0 Å². The number of likely N-dealkylation sites (tertiary alicyclic amines) is 1. The second-order valence-corrected chi connectivity index (χ2v) is 6.77. The maximum Gasteiger partial charge on any atom is 0.128 e. The van der Waals surface area contributed by atoms with Crippen LogP contribution in [0.3, 0.4) is 0 Å². The summed E-state index contributed by atoms with van der Waals surface area (Å²) < 4.78 is 11.0. The first-order valence-corrected chi connectivity index (χ1v) is 8.75. The summed E-state index contributed by atoms with van der Waals surface area (Å²) in [6, 6.07) is 4.32. The monoisotopic (exact) mass is 319 g/mol. The van der Waals surface area contributed by atoms with E-state index in [1.54, 1.807) is 7.11 Å². The van der Waals surface area contributed by atoms with Crippen LogP contribution in [0.25, 0.3) is 0 Å². The van der Waals surface area contributed by atoms with Gasteiger partial charge in [0.2, 0.25) is 0 Å². The van der Waals surface area contributed by atoms with Crippen LogP contribution in [-0.2, 0) is 16.0 Å². The van der Waals surface area contributed by atoms with Gasteiger partial charge < -0.3 is 14.4 Å². The van der Waals surface area contributed by atoms with Crippen molar-refractivity contribution in [3.8, 4) is 0 Å². The highest BCUT2D eigenvalue weighted by molar-refractivity contribution is 5.38. The van der Waals surface area contributed by atoms with Gasteiger partial charge in [0.15, 0.2) is 0 Å². The predicted molar refractivity (Wildman–Crippen MR) is 91.7 cm³/mol. The van der Waals surface area contributed by atoms with Gasteiger partial charge in [0.25, 0.3) is 0 Å². The lowest BCUT2D eigenvalue weighted by Crippen LogP contribution is -2.45. The van der Waals surface area contributed by atoms with Crippen LogP contribution in [0.4, 0.5) is 5.82 Å². The van der Waals surface area contributed by atoms with Crippen LogP contribution in [0.1, 0.15) is 24.8 Å². The molecule has 5 nitrogen and oxygen atoms in total. The summed E-state index contributed by atoms with van der Waals surface area (Å²) in [5.41, 5.74) is 1.30. The highest BCUT2D eigenvalue weighted by atomic mass is 16.5. The first kappa shape index (κ1) is 16.7. The van der Waals surface area contributed by atoms with Gasteiger partial charge >= 0.3 is 0 Å². The summed E-state index contributed by atoms with van der Waals surface area (Å²) in [6.07, 6.45) is 6.25. The third kappa shape index (κ3) is 4.43. The van der Waals surface area contributed by atoms with Gasteiger partial charge in [-0.3, -0.25) is 4.90 Å². The lowest BCUT2D eigenvalue weighted by Gasteiger charge is -2.41. The van der Waals surface area contributed by atoms with Gasteiger partial charge in [-0.25, -0.2) is 4.98 Å². The van der Waals surface area contributed by atoms with Crippen molar-refractivity contribution in [2.75, 3.05) is 51.9 Å². The summed E-state index contributed by atoms with van der Waals surface area (Å²) >= 11 is 0. The largest absolute Gasteiger partial charge is 0.383 e. The Morgan fingerprint density at radius 3 is 3.09 bits per heavy atom. The Morgan fingerprint density at radius 1 is 1.39 bits per heavy atom. The van der Waals surface area contributed by atoms with Crippen LogP contribution >= 0.6 is 0 Å². The fourth-order valence-corrected chi connectivity index (χ4v) is 3.64. The molecule has 2 aliphatic heterocycles. The number of nitrogens with zero attached hydrogens (tertiary/aromatic N) is 3. The van der Waals surface area contributed by atoms with Crippen LogP contribution in [0.5, 0.6) is 0 Å². The molecule has 0 N–H and O–H groups in total. The predicted octanol–water partition coefficient (Wildman–Crippen LogP) is 2.17. The van der Waals surface area contributed by atoms with Gasteiger partial charge in [-0.05, 0) is 36.8 Å². The molecule has 5 heteroatoms. The van der Waals surface area contributed by atoms with E-state index in [2.05, 4.69) is 34.0 Å². The summed E-state index contributed by atoms with van der Waals surface area (Å²) in [5.74, 6) is 1.73. The van der Waals surface area contributed by atoms with E-state index in [0.29, 0.717) is 6.10 Å². The average Bonchev–Trinajstić information content (AvgIpc) is 2.60. The van der Waals surface area contributed by atoms with E-state index >= 15 is 0 Å². The summed E-state index contributed by atoms with van der Waals surface area (Å²) in [6.45, 7) is 5.84.